The summed E-state index contributed by atoms with van der Waals surface area (Å²) in [6.45, 7) is 1.83. The molecule has 0 atom stereocenters. The molecule has 2 aromatic rings. The van der Waals surface area contributed by atoms with Crippen LogP contribution in [0.15, 0.2) is 47.4 Å². The van der Waals surface area contributed by atoms with Crippen molar-refractivity contribution in [3.63, 3.8) is 0 Å². The Labute approximate surface area is 155 Å². The first-order valence-corrected chi connectivity index (χ1v) is 9.68. The minimum Gasteiger partial charge on any atom is -0.378 e. The van der Waals surface area contributed by atoms with Crippen LogP contribution >= 0.6 is 11.6 Å². The van der Waals surface area contributed by atoms with Gasteiger partial charge < -0.3 is 9.64 Å². The summed E-state index contributed by atoms with van der Waals surface area (Å²) < 4.78 is 45.9. The van der Waals surface area contributed by atoms with Gasteiger partial charge in [0.2, 0.25) is 0 Å². The minimum atomic E-state index is -3.96. The molecule has 3 rings (SSSR count). The van der Waals surface area contributed by atoms with Crippen LogP contribution in [-0.2, 0) is 14.8 Å². The van der Waals surface area contributed by atoms with Gasteiger partial charge in [-0.3, -0.25) is 9.52 Å². The molecule has 0 aliphatic carbocycles. The number of hydrogen-bond donors (Lipinski definition) is 1. The van der Waals surface area contributed by atoms with Gasteiger partial charge in [0.05, 0.1) is 28.8 Å². The number of amides is 1. The predicted octanol–water partition coefficient (Wildman–Crippen LogP) is 2.75. The highest BCUT2D eigenvalue weighted by atomic mass is 35.5. The Morgan fingerprint density at radius 2 is 1.88 bits per heavy atom. The van der Waals surface area contributed by atoms with Gasteiger partial charge in [-0.25, -0.2) is 12.8 Å². The molecular weight excluding hydrogens is 383 g/mol. The molecule has 0 bridgehead atoms. The van der Waals surface area contributed by atoms with Crippen LogP contribution in [0, 0.1) is 5.82 Å². The van der Waals surface area contributed by atoms with Gasteiger partial charge in [0.1, 0.15) is 5.82 Å². The fourth-order valence-corrected chi connectivity index (χ4v) is 3.79. The van der Waals surface area contributed by atoms with E-state index in [-0.39, 0.29) is 27.1 Å². The second-order valence-electron chi connectivity index (χ2n) is 5.67. The van der Waals surface area contributed by atoms with E-state index in [0.717, 1.165) is 6.07 Å². The molecule has 1 fully saturated rings. The van der Waals surface area contributed by atoms with Crippen LogP contribution in [0.1, 0.15) is 10.4 Å². The van der Waals surface area contributed by atoms with Gasteiger partial charge in [-0.15, -0.1) is 0 Å². The number of halogens is 2. The smallest absolute Gasteiger partial charge is 0.261 e. The fourth-order valence-electron chi connectivity index (χ4n) is 2.52. The van der Waals surface area contributed by atoms with Crippen LogP contribution in [0.5, 0.6) is 0 Å². The highest BCUT2D eigenvalue weighted by molar-refractivity contribution is 7.92. The van der Waals surface area contributed by atoms with Gasteiger partial charge in [-0.2, -0.15) is 0 Å². The van der Waals surface area contributed by atoms with Crippen molar-refractivity contribution < 1.29 is 22.3 Å². The van der Waals surface area contributed by atoms with Crippen molar-refractivity contribution in [2.75, 3.05) is 31.0 Å². The lowest BCUT2D eigenvalue weighted by Gasteiger charge is -2.27. The number of morpholine rings is 1. The van der Waals surface area contributed by atoms with Crippen molar-refractivity contribution in [1.29, 1.82) is 0 Å². The van der Waals surface area contributed by atoms with Crippen LogP contribution in [0.2, 0.25) is 5.02 Å². The molecule has 0 aromatic heterocycles. The Morgan fingerprint density at radius 1 is 1.15 bits per heavy atom. The molecule has 1 aliphatic heterocycles. The zero-order valence-electron chi connectivity index (χ0n) is 13.6. The topological polar surface area (TPSA) is 75.7 Å². The number of nitrogens with one attached hydrogen (secondary N) is 1. The second-order valence-corrected chi connectivity index (χ2v) is 7.76. The third-order valence-corrected chi connectivity index (χ3v) is 5.53. The van der Waals surface area contributed by atoms with Crippen molar-refractivity contribution in [3.8, 4) is 0 Å². The Balaban J connectivity index is 1.83. The van der Waals surface area contributed by atoms with Crippen LogP contribution in [-0.4, -0.2) is 45.5 Å². The maximum absolute atomic E-state index is 13.2. The van der Waals surface area contributed by atoms with E-state index >= 15 is 0 Å². The Hall–Kier alpha value is -2.16. The molecule has 26 heavy (non-hydrogen) atoms. The molecular formula is C17H16ClFN2O4S. The van der Waals surface area contributed by atoms with Gasteiger partial charge >= 0.3 is 0 Å². The summed E-state index contributed by atoms with van der Waals surface area (Å²) in [6, 6.07) is 9.26. The number of nitrogens with zero attached hydrogens (tertiary/aromatic N) is 1. The Morgan fingerprint density at radius 3 is 2.58 bits per heavy atom. The SMILES string of the molecule is O=C(c1cccc(S(=O)(=O)Nc2ccc(F)c(Cl)c2)c1)N1CCOCC1. The molecule has 0 saturated carbocycles. The van der Waals surface area contributed by atoms with Crippen molar-refractivity contribution in [2.45, 2.75) is 4.90 Å². The van der Waals surface area contributed by atoms with E-state index in [0.29, 0.717) is 26.3 Å². The van der Waals surface area contributed by atoms with E-state index in [1.165, 1.54) is 30.3 Å². The van der Waals surface area contributed by atoms with Crippen molar-refractivity contribution in [2.24, 2.45) is 0 Å². The van der Waals surface area contributed by atoms with Gasteiger partial charge in [0, 0.05) is 18.7 Å². The molecule has 0 unspecified atom stereocenters. The molecule has 1 heterocycles. The fraction of sp³-hybridized carbons (Fsp3) is 0.235. The van der Waals surface area contributed by atoms with Crippen LogP contribution < -0.4 is 4.72 Å². The molecule has 2 aromatic carbocycles. The summed E-state index contributed by atoms with van der Waals surface area (Å²) in [7, 11) is -3.96. The average Bonchev–Trinajstić information content (AvgIpc) is 2.65. The van der Waals surface area contributed by atoms with Gasteiger partial charge in [0.25, 0.3) is 15.9 Å². The number of carbonyl (C=O) groups excluding carboxylic acids is 1. The first-order valence-electron chi connectivity index (χ1n) is 7.82. The van der Waals surface area contributed by atoms with Crippen LogP contribution in [0.25, 0.3) is 0 Å². The summed E-state index contributed by atoms with van der Waals surface area (Å²) >= 11 is 5.67. The number of ether oxygens (including phenoxy) is 1. The molecule has 1 saturated heterocycles. The van der Waals surface area contributed by atoms with E-state index in [1.807, 2.05) is 0 Å². The normalized spacial score (nSPS) is 14.9. The molecule has 0 radical (unpaired) electrons. The quantitative estimate of drug-likeness (QED) is 0.859. The van der Waals surface area contributed by atoms with Crippen molar-refractivity contribution in [1.82, 2.24) is 4.90 Å². The minimum absolute atomic E-state index is 0.0722. The van der Waals surface area contributed by atoms with Crippen LogP contribution in [0.3, 0.4) is 0 Å². The molecule has 0 spiro atoms. The first kappa shape index (κ1) is 18.6. The average molecular weight is 399 g/mol. The maximum atomic E-state index is 13.2. The van der Waals surface area contributed by atoms with Crippen molar-refractivity contribution in [3.05, 3.63) is 58.9 Å². The lowest BCUT2D eigenvalue weighted by Crippen LogP contribution is -2.40. The summed E-state index contributed by atoms with van der Waals surface area (Å²) in [5.74, 6) is -0.900. The number of sulfonamides is 1. The van der Waals surface area contributed by atoms with Crippen molar-refractivity contribution >= 4 is 33.2 Å². The standard InChI is InChI=1S/C17H16ClFN2O4S/c18-15-11-13(4-5-16(15)19)20-26(23,24)14-3-1-2-12(10-14)17(22)21-6-8-25-9-7-21/h1-5,10-11,20H,6-9H2. The Bertz CT molecular complexity index is 930. The van der Waals surface area contributed by atoms with E-state index < -0.39 is 15.8 Å². The summed E-state index contributed by atoms with van der Waals surface area (Å²) in [5.41, 5.74) is 0.397. The number of rotatable bonds is 4. The van der Waals surface area contributed by atoms with Gasteiger partial charge in [0.15, 0.2) is 0 Å². The van der Waals surface area contributed by atoms with Gasteiger partial charge in [-0.05, 0) is 36.4 Å². The molecule has 138 valence electrons. The van der Waals surface area contributed by atoms with Crippen LogP contribution in [0.4, 0.5) is 10.1 Å². The van der Waals surface area contributed by atoms with Gasteiger partial charge in [-0.1, -0.05) is 17.7 Å². The Kier molecular flexibility index (Phi) is 5.45. The molecule has 9 heteroatoms. The van der Waals surface area contributed by atoms with E-state index in [2.05, 4.69) is 4.72 Å². The predicted molar refractivity (Wildman–Crippen MR) is 95.4 cm³/mol. The second kappa shape index (κ2) is 7.61. The highest BCUT2D eigenvalue weighted by Crippen LogP contribution is 2.23. The highest BCUT2D eigenvalue weighted by Gasteiger charge is 2.21. The summed E-state index contributed by atoms with van der Waals surface area (Å²) in [5, 5.41) is -0.193. The number of benzene rings is 2. The summed E-state index contributed by atoms with van der Waals surface area (Å²) in [4.78, 5) is 14.1. The third-order valence-electron chi connectivity index (χ3n) is 3.86. The lowest BCUT2D eigenvalue weighted by atomic mass is 10.2. The van der Waals surface area contributed by atoms with E-state index in [9.17, 15) is 17.6 Å². The number of anilines is 1. The summed E-state index contributed by atoms with van der Waals surface area (Å²) in [6.07, 6.45) is 0. The number of hydrogen-bond acceptors (Lipinski definition) is 4. The van der Waals surface area contributed by atoms with E-state index in [1.54, 1.807) is 11.0 Å². The van der Waals surface area contributed by atoms with E-state index in [4.69, 9.17) is 16.3 Å². The lowest BCUT2D eigenvalue weighted by molar-refractivity contribution is 0.0302. The monoisotopic (exact) mass is 398 g/mol. The third kappa shape index (κ3) is 4.14. The zero-order valence-corrected chi connectivity index (χ0v) is 15.2. The zero-order chi connectivity index (χ0) is 18.7. The molecule has 1 N–H and O–H groups in total. The molecule has 1 aliphatic rings. The largest absolute Gasteiger partial charge is 0.378 e. The first-order chi connectivity index (χ1) is 12.4. The molecule has 1 amide bonds. The molecule has 6 nitrogen and oxygen atoms in total. The number of carbonyl (C=O) groups is 1. The maximum Gasteiger partial charge on any atom is 0.261 e.